The summed E-state index contributed by atoms with van der Waals surface area (Å²) in [5.41, 5.74) is -1.18. The Bertz CT molecular complexity index is 368. The highest BCUT2D eigenvalue weighted by Crippen LogP contribution is 2.31. The molecule has 5 nitrogen and oxygen atoms in total. The van der Waals surface area contributed by atoms with Gasteiger partial charge < -0.3 is 15.3 Å². The van der Waals surface area contributed by atoms with Crippen LogP contribution in [-0.4, -0.2) is 46.1 Å². The van der Waals surface area contributed by atoms with Crippen molar-refractivity contribution in [3.05, 3.63) is 0 Å². The van der Waals surface area contributed by atoms with Gasteiger partial charge in [-0.2, -0.15) is 0 Å². The molecular formula is C16H30N2O3. The largest absolute Gasteiger partial charge is 0.389 e. The summed E-state index contributed by atoms with van der Waals surface area (Å²) in [6, 6.07) is 0. The van der Waals surface area contributed by atoms with Crippen molar-refractivity contribution in [3.63, 3.8) is 0 Å². The predicted octanol–water partition coefficient (Wildman–Crippen LogP) is 1.83. The van der Waals surface area contributed by atoms with Crippen molar-refractivity contribution in [2.45, 2.75) is 77.4 Å². The molecule has 21 heavy (non-hydrogen) atoms. The van der Waals surface area contributed by atoms with Gasteiger partial charge in [-0.3, -0.25) is 9.59 Å². The Kier molecular flexibility index (Phi) is 6.20. The minimum atomic E-state index is -0.872. The van der Waals surface area contributed by atoms with Crippen LogP contribution in [0.25, 0.3) is 0 Å². The minimum absolute atomic E-state index is 0.0582. The Labute approximate surface area is 128 Å². The van der Waals surface area contributed by atoms with Crippen molar-refractivity contribution in [3.8, 4) is 0 Å². The fourth-order valence-electron chi connectivity index (χ4n) is 2.79. The van der Waals surface area contributed by atoms with Gasteiger partial charge in [0.25, 0.3) is 0 Å². The van der Waals surface area contributed by atoms with E-state index in [0.29, 0.717) is 19.4 Å². The van der Waals surface area contributed by atoms with Gasteiger partial charge in [-0.25, -0.2) is 0 Å². The van der Waals surface area contributed by atoms with Crippen LogP contribution in [0, 0.1) is 0 Å². The molecule has 5 heteroatoms. The lowest BCUT2D eigenvalue weighted by Crippen LogP contribution is -2.48. The van der Waals surface area contributed by atoms with E-state index < -0.39 is 5.60 Å². The first kappa shape index (κ1) is 18.0. The Balaban J connectivity index is 2.54. The number of carbonyl (C=O) groups is 2. The quantitative estimate of drug-likeness (QED) is 0.813. The first-order chi connectivity index (χ1) is 9.65. The fraction of sp³-hybridized carbons (Fsp3) is 0.875. The van der Waals surface area contributed by atoms with Crippen LogP contribution in [0.2, 0.25) is 0 Å². The van der Waals surface area contributed by atoms with E-state index in [0.717, 1.165) is 19.3 Å². The second-order valence-electron chi connectivity index (χ2n) is 7.17. The summed E-state index contributed by atoms with van der Waals surface area (Å²) in [4.78, 5) is 25.8. The molecule has 0 bridgehead atoms. The van der Waals surface area contributed by atoms with E-state index in [9.17, 15) is 14.7 Å². The van der Waals surface area contributed by atoms with E-state index in [1.54, 1.807) is 0 Å². The van der Waals surface area contributed by atoms with Gasteiger partial charge in [-0.15, -0.1) is 0 Å². The molecule has 0 aliphatic heterocycles. The van der Waals surface area contributed by atoms with Crippen molar-refractivity contribution >= 4 is 11.8 Å². The topological polar surface area (TPSA) is 69.6 Å². The normalized spacial score (nSPS) is 18.1. The third kappa shape index (κ3) is 6.46. The van der Waals surface area contributed by atoms with E-state index in [1.807, 2.05) is 27.7 Å². The molecule has 1 aliphatic rings. The van der Waals surface area contributed by atoms with Crippen LogP contribution < -0.4 is 5.32 Å². The van der Waals surface area contributed by atoms with Crippen molar-refractivity contribution < 1.29 is 14.7 Å². The Hall–Kier alpha value is -1.10. The molecule has 122 valence electrons. The van der Waals surface area contributed by atoms with E-state index in [-0.39, 0.29) is 30.3 Å². The van der Waals surface area contributed by atoms with Crippen molar-refractivity contribution in [2.75, 3.05) is 13.1 Å². The minimum Gasteiger partial charge on any atom is -0.389 e. The molecule has 0 unspecified atom stereocenters. The number of nitrogens with one attached hydrogen (secondary N) is 1. The molecule has 1 fully saturated rings. The SMILES string of the molecule is CCN(CC(=O)NC(C)(C)C)C(=O)CC1(O)CCCCC1. The molecule has 1 saturated carbocycles. The van der Waals surface area contributed by atoms with Gasteiger partial charge in [0.1, 0.15) is 0 Å². The maximum Gasteiger partial charge on any atom is 0.240 e. The molecule has 0 aromatic rings. The summed E-state index contributed by atoms with van der Waals surface area (Å²) in [5, 5.41) is 13.3. The van der Waals surface area contributed by atoms with Crippen LogP contribution in [0.3, 0.4) is 0 Å². The van der Waals surface area contributed by atoms with Crippen LogP contribution in [0.5, 0.6) is 0 Å². The number of likely N-dealkylation sites (N-methyl/N-ethyl adjacent to an activating group) is 1. The highest BCUT2D eigenvalue weighted by molar-refractivity contribution is 5.85. The maximum absolute atomic E-state index is 12.3. The van der Waals surface area contributed by atoms with Gasteiger partial charge in [-0.05, 0) is 40.5 Å². The second kappa shape index (κ2) is 7.25. The zero-order chi connectivity index (χ0) is 16.1. The smallest absolute Gasteiger partial charge is 0.240 e. The van der Waals surface area contributed by atoms with Crippen molar-refractivity contribution in [1.82, 2.24) is 10.2 Å². The summed E-state index contributed by atoms with van der Waals surface area (Å²) < 4.78 is 0. The zero-order valence-electron chi connectivity index (χ0n) is 13.9. The van der Waals surface area contributed by atoms with Crippen LogP contribution in [0.1, 0.15) is 66.2 Å². The number of amides is 2. The molecule has 0 saturated heterocycles. The monoisotopic (exact) mass is 298 g/mol. The highest BCUT2D eigenvalue weighted by Gasteiger charge is 2.33. The Morgan fingerprint density at radius 1 is 1.19 bits per heavy atom. The first-order valence-electron chi connectivity index (χ1n) is 7.96. The van der Waals surface area contributed by atoms with Crippen molar-refractivity contribution in [2.24, 2.45) is 0 Å². The lowest BCUT2D eigenvalue weighted by Gasteiger charge is -2.33. The van der Waals surface area contributed by atoms with Gasteiger partial charge >= 0.3 is 0 Å². The van der Waals surface area contributed by atoms with E-state index in [1.165, 1.54) is 4.90 Å². The van der Waals surface area contributed by atoms with Crippen molar-refractivity contribution in [1.29, 1.82) is 0 Å². The fourth-order valence-corrected chi connectivity index (χ4v) is 2.79. The molecule has 0 atom stereocenters. The lowest BCUT2D eigenvalue weighted by atomic mass is 9.82. The second-order valence-corrected chi connectivity index (χ2v) is 7.17. The summed E-state index contributed by atoms with van der Waals surface area (Å²) in [6.07, 6.45) is 4.57. The lowest BCUT2D eigenvalue weighted by molar-refractivity contribution is -0.141. The molecule has 0 heterocycles. The van der Waals surface area contributed by atoms with Gasteiger partial charge in [0, 0.05) is 12.1 Å². The average molecular weight is 298 g/mol. The average Bonchev–Trinajstić information content (AvgIpc) is 2.34. The number of carbonyl (C=O) groups excluding carboxylic acids is 2. The molecule has 0 aromatic heterocycles. The maximum atomic E-state index is 12.3. The number of hydrogen-bond donors (Lipinski definition) is 2. The molecule has 1 rings (SSSR count). The summed E-state index contributed by atoms with van der Waals surface area (Å²) >= 11 is 0. The summed E-state index contributed by atoms with van der Waals surface area (Å²) in [6.45, 7) is 8.12. The Morgan fingerprint density at radius 2 is 1.76 bits per heavy atom. The van der Waals surface area contributed by atoms with E-state index in [4.69, 9.17) is 0 Å². The zero-order valence-corrected chi connectivity index (χ0v) is 13.9. The molecule has 2 amide bonds. The van der Waals surface area contributed by atoms with E-state index >= 15 is 0 Å². The number of rotatable bonds is 5. The van der Waals surface area contributed by atoms with Gasteiger partial charge in [0.2, 0.25) is 11.8 Å². The third-order valence-corrected chi connectivity index (χ3v) is 3.85. The van der Waals surface area contributed by atoms with Gasteiger partial charge in [0.05, 0.1) is 18.6 Å². The molecule has 0 radical (unpaired) electrons. The van der Waals surface area contributed by atoms with Gasteiger partial charge in [-0.1, -0.05) is 19.3 Å². The van der Waals surface area contributed by atoms with E-state index in [2.05, 4.69) is 5.32 Å². The molecular weight excluding hydrogens is 268 g/mol. The van der Waals surface area contributed by atoms with Crippen LogP contribution in [-0.2, 0) is 9.59 Å². The van der Waals surface area contributed by atoms with Crippen LogP contribution in [0.4, 0.5) is 0 Å². The Morgan fingerprint density at radius 3 is 2.24 bits per heavy atom. The number of aliphatic hydroxyl groups is 1. The summed E-state index contributed by atoms with van der Waals surface area (Å²) in [7, 11) is 0. The third-order valence-electron chi connectivity index (χ3n) is 3.85. The molecule has 0 aromatic carbocycles. The van der Waals surface area contributed by atoms with Crippen LogP contribution in [0.15, 0.2) is 0 Å². The highest BCUT2D eigenvalue weighted by atomic mass is 16.3. The standard InChI is InChI=1S/C16H30N2O3/c1-5-18(12-13(19)17-15(2,3)4)14(20)11-16(21)9-7-6-8-10-16/h21H,5-12H2,1-4H3,(H,17,19). The van der Waals surface area contributed by atoms with Crippen LogP contribution >= 0.6 is 0 Å². The van der Waals surface area contributed by atoms with Gasteiger partial charge in [0.15, 0.2) is 0 Å². The number of nitrogens with zero attached hydrogens (tertiary/aromatic N) is 1. The number of hydrogen-bond acceptors (Lipinski definition) is 3. The summed E-state index contributed by atoms with van der Waals surface area (Å²) in [5.74, 6) is -0.292. The predicted molar refractivity (Wildman–Crippen MR) is 82.8 cm³/mol. The first-order valence-corrected chi connectivity index (χ1v) is 7.96. The molecule has 0 spiro atoms. The molecule has 2 N–H and O–H groups in total. The molecule has 1 aliphatic carbocycles.